The Morgan fingerprint density at radius 3 is 1.70 bits per heavy atom. The highest BCUT2D eigenvalue weighted by Crippen LogP contribution is 2.42. The van der Waals surface area contributed by atoms with Crippen molar-refractivity contribution in [2.24, 2.45) is 0 Å². The molecule has 21 nitrogen and oxygen atoms in total. The summed E-state index contributed by atoms with van der Waals surface area (Å²) in [5.74, 6) is -2.79. The SMILES string of the molecule is CCCCCCCCCCCCC/C=C/[C@@H](O)[C@H](CO[C@@H]1O[C@H](CO)[C@@H](O[C@H]2O[C@H](CO)[C@H](O)[C@@H]3O[C@]4(CO[C@@H]23)C[C@H](O)[C@@H](NC(C)=O)[C@H]([C@H](O)[C@H](O)CO)O4)[C@H](O)[C@H]1O)NC(=O)CCCCCCCCCCCCCCCCC. The van der Waals surface area contributed by atoms with E-state index in [-0.39, 0.29) is 25.4 Å². The van der Waals surface area contributed by atoms with Crippen LogP contribution in [0.4, 0.5) is 0 Å². The number of aliphatic hydroxyl groups is 10. The number of unbranched alkanes of at least 4 members (excludes halogenated alkanes) is 25. The number of allylic oxidation sites excluding steroid dienone is 1. The average molecular weight is 1150 g/mol. The van der Waals surface area contributed by atoms with Crippen LogP contribution in [0.5, 0.6) is 0 Å². The van der Waals surface area contributed by atoms with Crippen molar-refractivity contribution in [3.63, 3.8) is 0 Å². The first-order chi connectivity index (χ1) is 38.6. The molecular formula is C59H108N2O19. The van der Waals surface area contributed by atoms with E-state index in [0.717, 1.165) is 44.9 Å². The van der Waals surface area contributed by atoms with Gasteiger partial charge in [-0.15, -0.1) is 0 Å². The lowest BCUT2D eigenvalue weighted by Crippen LogP contribution is -2.73. The van der Waals surface area contributed by atoms with Crippen molar-refractivity contribution in [1.82, 2.24) is 10.6 Å². The van der Waals surface area contributed by atoms with Gasteiger partial charge < -0.3 is 94.9 Å². The maximum absolute atomic E-state index is 13.4. The zero-order valence-electron chi connectivity index (χ0n) is 48.7. The van der Waals surface area contributed by atoms with Crippen molar-refractivity contribution in [3.8, 4) is 0 Å². The average Bonchev–Trinajstić information content (AvgIpc) is 3.65. The fraction of sp³-hybridized carbons (Fsp3) is 0.932. The molecule has 21 heteroatoms. The fourth-order valence-electron chi connectivity index (χ4n) is 11.4. The van der Waals surface area contributed by atoms with Crippen molar-refractivity contribution in [2.45, 2.75) is 317 Å². The minimum atomic E-state index is -1.93. The van der Waals surface area contributed by atoms with Gasteiger partial charge in [0.25, 0.3) is 0 Å². The fourth-order valence-corrected chi connectivity index (χ4v) is 11.4. The summed E-state index contributed by atoms with van der Waals surface area (Å²) in [5.41, 5.74) is 0. The van der Waals surface area contributed by atoms with Crippen LogP contribution in [0.2, 0.25) is 0 Å². The number of carbonyl (C=O) groups excluding carboxylic acids is 2. The molecule has 0 aromatic heterocycles. The van der Waals surface area contributed by atoms with E-state index in [9.17, 15) is 60.7 Å². The Labute approximate surface area is 476 Å². The van der Waals surface area contributed by atoms with Gasteiger partial charge in [0, 0.05) is 19.8 Å². The number of carbonyl (C=O) groups is 2. The lowest BCUT2D eigenvalue weighted by molar-refractivity contribution is -0.434. The van der Waals surface area contributed by atoms with Gasteiger partial charge in [-0.3, -0.25) is 9.59 Å². The van der Waals surface area contributed by atoms with Crippen molar-refractivity contribution >= 4 is 11.8 Å². The molecule has 4 fully saturated rings. The van der Waals surface area contributed by atoms with E-state index in [1.165, 1.54) is 129 Å². The monoisotopic (exact) mass is 1150 g/mol. The van der Waals surface area contributed by atoms with Crippen molar-refractivity contribution in [2.75, 3.05) is 33.0 Å². The number of fused-ring (bicyclic) bond motifs is 1. The molecule has 0 aliphatic carbocycles. The first-order valence-electron chi connectivity index (χ1n) is 31.0. The molecule has 1 spiro atoms. The molecule has 468 valence electrons. The second kappa shape index (κ2) is 39.6. The summed E-state index contributed by atoms with van der Waals surface area (Å²) < 4.78 is 42.6. The molecule has 0 radical (unpaired) electrons. The van der Waals surface area contributed by atoms with Crippen molar-refractivity contribution in [3.05, 3.63) is 12.2 Å². The Hall–Kier alpha value is -2.00. The van der Waals surface area contributed by atoms with Crippen LogP contribution in [0.15, 0.2) is 12.2 Å². The number of aliphatic hydroxyl groups excluding tert-OH is 10. The van der Waals surface area contributed by atoms with Crippen LogP contribution in [-0.2, 0) is 42.7 Å². The van der Waals surface area contributed by atoms with Crippen LogP contribution in [-0.4, -0.2) is 206 Å². The van der Waals surface area contributed by atoms with Crippen LogP contribution in [0.3, 0.4) is 0 Å². The molecule has 12 N–H and O–H groups in total. The topological polar surface area (TPSA) is 325 Å². The molecule has 18 atom stereocenters. The molecule has 2 amide bonds. The second-order valence-electron chi connectivity index (χ2n) is 23.1. The maximum atomic E-state index is 13.4. The predicted octanol–water partition coefficient (Wildman–Crippen LogP) is 4.12. The molecule has 0 saturated carbocycles. The van der Waals surface area contributed by atoms with Crippen LogP contribution in [0.1, 0.15) is 207 Å². The van der Waals surface area contributed by atoms with E-state index in [0.29, 0.717) is 6.42 Å². The minimum absolute atomic E-state index is 0.248. The van der Waals surface area contributed by atoms with E-state index in [1.807, 2.05) is 6.08 Å². The maximum Gasteiger partial charge on any atom is 0.220 e. The standard InChI is InChI=1S/C59H108N2O19/c1-4-6-8-10-12-14-16-18-19-21-23-25-27-29-31-33-47(69)61-41(42(66)32-30-28-26-24-22-20-17-15-13-11-9-7-5-2)38-74-57-52(73)51(72)53(46(37-64)77-57)78-58-56-55(50(71)45(36-63)76-58)80-59(39-75-56)34-43(67)48(60-40(3)65)54(79-59)49(70)44(68)35-62/h30,32,41-46,48-58,62-64,66-68,70-73H,4-29,31,33-39H2,1-3H3,(H,60,65)(H,61,69)/b32-30+/t41-,42+,43-,44+,45+,46+,48+,49+,50-,51+,52+,53+,54+,55-,56+,57+,58+,59-/m0/s1. The van der Waals surface area contributed by atoms with Crippen LogP contribution in [0, 0.1) is 0 Å². The summed E-state index contributed by atoms with van der Waals surface area (Å²) in [6.45, 7) is 2.35. The minimum Gasteiger partial charge on any atom is -0.394 e. The summed E-state index contributed by atoms with van der Waals surface area (Å²) in [5, 5.41) is 114. The third-order valence-corrected chi connectivity index (χ3v) is 16.2. The van der Waals surface area contributed by atoms with Gasteiger partial charge in [-0.1, -0.05) is 180 Å². The molecule has 0 bridgehead atoms. The first kappa shape index (κ1) is 70.5. The summed E-state index contributed by atoms with van der Waals surface area (Å²) in [6, 6.07) is -2.24. The largest absolute Gasteiger partial charge is 0.394 e. The number of hydrogen-bond donors (Lipinski definition) is 12. The van der Waals surface area contributed by atoms with E-state index < -0.39 is 142 Å². The molecule has 4 heterocycles. The van der Waals surface area contributed by atoms with Crippen molar-refractivity contribution in [1.29, 1.82) is 0 Å². The third kappa shape index (κ3) is 23.8. The van der Waals surface area contributed by atoms with E-state index >= 15 is 0 Å². The summed E-state index contributed by atoms with van der Waals surface area (Å²) in [7, 11) is 0. The molecule has 4 saturated heterocycles. The number of nitrogens with one attached hydrogen (secondary N) is 2. The smallest absolute Gasteiger partial charge is 0.220 e. The van der Waals surface area contributed by atoms with Gasteiger partial charge in [0.05, 0.1) is 50.7 Å². The number of hydrogen-bond acceptors (Lipinski definition) is 19. The second-order valence-corrected chi connectivity index (χ2v) is 23.1. The summed E-state index contributed by atoms with van der Waals surface area (Å²) in [4.78, 5) is 25.4. The molecule has 0 aromatic carbocycles. The first-order valence-corrected chi connectivity index (χ1v) is 31.0. The zero-order chi connectivity index (χ0) is 58.3. The Morgan fingerprint density at radius 1 is 0.650 bits per heavy atom. The molecule has 4 rings (SSSR count). The van der Waals surface area contributed by atoms with Crippen LogP contribution >= 0.6 is 0 Å². The lowest BCUT2D eigenvalue weighted by atomic mass is 9.87. The third-order valence-electron chi connectivity index (χ3n) is 16.2. The van der Waals surface area contributed by atoms with Gasteiger partial charge >= 0.3 is 0 Å². The number of rotatable bonds is 42. The van der Waals surface area contributed by atoms with E-state index in [1.54, 1.807) is 6.08 Å². The van der Waals surface area contributed by atoms with E-state index in [2.05, 4.69) is 24.5 Å². The van der Waals surface area contributed by atoms with Gasteiger partial charge in [-0.05, 0) is 19.3 Å². The molecule has 80 heavy (non-hydrogen) atoms. The van der Waals surface area contributed by atoms with Crippen molar-refractivity contribution < 1.29 is 93.8 Å². The van der Waals surface area contributed by atoms with Gasteiger partial charge in [0.15, 0.2) is 18.4 Å². The number of amides is 2. The van der Waals surface area contributed by atoms with Gasteiger partial charge in [-0.2, -0.15) is 0 Å². The Kier molecular flexibility index (Phi) is 34.9. The Bertz CT molecular complexity index is 1670. The number of ether oxygens (including phenoxy) is 7. The highest BCUT2D eigenvalue weighted by Gasteiger charge is 2.60. The molecular weight excluding hydrogens is 1040 g/mol. The molecule has 4 aliphatic rings. The molecule has 4 aliphatic heterocycles. The Morgan fingerprint density at radius 2 is 1.18 bits per heavy atom. The summed E-state index contributed by atoms with van der Waals surface area (Å²) >= 11 is 0. The van der Waals surface area contributed by atoms with Gasteiger partial charge in [0.2, 0.25) is 11.8 Å². The van der Waals surface area contributed by atoms with Crippen LogP contribution in [0.25, 0.3) is 0 Å². The Balaban J connectivity index is 1.34. The molecule has 0 unspecified atom stereocenters. The molecule has 0 aromatic rings. The quantitative estimate of drug-likeness (QED) is 0.0302. The van der Waals surface area contributed by atoms with Crippen LogP contribution < -0.4 is 10.6 Å². The highest BCUT2D eigenvalue weighted by atomic mass is 16.8. The normalized spacial score (nSPS) is 31.4. The van der Waals surface area contributed by atoms with Gasteiger partial charge in [0.1, 0.15) is 73.8 Å². The zero-order valence-corrected chi connectivity index (χ0v) is 48.7. The predicted molar refractivity (Wildman–Crippen MR) is 298 cm³/mol. The highest BCUT2D eigenvalue weighted by molar-refractivity contribution is 5.76. The lowest BCUT2D eigenvalue weighted by Gasteiger charge is -2.56. The van der Waals surface area contributed by atoms with E-state index in [4.69, 9.17) is 33.2 Å². The summed E-state index contributed by atoms with van der Waals surface area (Å²) in [6.07, 6.45) is 12.2. The van der Waals surface area contributed by atoms with Gasteiger partial charge in [-0.25, -0.2) is 0 Å².